The van der Waals surface area contributed by atoms with Gasteiger partial charge in [0.1, 0.15) is 11.5 Å². The number of fused-ring (bicyclic) bond motifs is 4. The molecule has 4 nitrogen and oxygen atoms in total. The van der Waals surface area contributed by atoms with Crippen molar-refractivity contribution in [3.63, 3.8) is 0 Å². The smallest absolute Gasteiger partial charge is 0.137 e. The van der Waals surface area contributed by atoms with Gasteiger partial charge in [-0.1, -0.05) is 72.8 Å². The first kappa shape index (κ1) is 36.4. The molecular weight excluding hydrogens is 776 g/mol. The van der Waals surface area contributed by atoms with E-state index < -0.39 is 0 Å². The van der Waals surface area contributed by atoms with E-state index in [2.05, 4.69) is 105 Å². The van der Waals surface area contributed by atoms with Gasteiger partial charge in [0.05, 0.1) is 36.4 Å². The molecule has 7 rings (SSSR count). The van der Waals surface area contributed by atoms with Gasteiger partial charge >= 0.3 is 0 Å². The molecule has 7 aromatic rings. The Morgan fingerprint density at radius 1 is 0.462 bits per heavy atom. The number of benzene rings is 7. The summed E-state index contributed by atoms with van der Waals surface area (Å²) in [6.45, 7) is 0.0872. The number of aryl methyl sites for hydroxylation is 2. The Morgan fingerprint density at radius 2 is 0.885 bits per heavy atom. The maximum atomic E-state index is 9.84. The molecule has 0 atom stereocenters. The molecule has 0 spiro atoms. The first-order valence-electron chi connectivity index (χ1n) is 18.1. The molecule has 0 radical (unpaired) electrons. The van der Waals surface area contributed by atoms with E-state index >= 15 is 0 Å². The minimum Gasteiger partial charge on any atom is -0.495 e. The van der Waals surface area contributed by atoms with E-state index in [1.165, 1.54) is 32.7 Å². The number of aliphatic hydroxyl groups excluding tert-OH is 2. The van der Waals surface area contributed by atoms with Crippen molar-refractivity contribution < 1.29 is 19.7 Å². The molecule has 0 saturated carbocycles. The van der Waals surface area contributed by atoms with Crippen molar-refractivity contribution in [1.29, 1.82) is 0 Å². The van der Waals surface area contributed by atoms with Crippen LogP contribution >= 0.6 is 31.9 Å². The van der Waals surface area contributed by atoms with Crippen LogP contribution in [0.5, 0.6) is 11.5 Å². The highest BCUT2D eigenvalue weighted by Gasteiger charge is 2.23. The second kappa shape index (κ2) is 16.4. The van der Waals surface area contributed by atoms with Gasteiger partial charge in [0, 0.05) is 11.1 Å². The van der Waals surface area contributed by atoms with Gasteiger partial charge in [-0.3, -0.25) is 0 Å². The third-order valence-corrected chi connectivity index (χ3v) is 12.2. The monoisotopic (exact) mass is 818 g/mol. The van der Waals surface area contributed by atoms with Crippen LogP contribution in [0.4, 0.5) is 0 Å². The Bertz CT molecular complexity index is 2230. The van der Waals surface area contributed by atoms with E-state index in [0.717, 1.165) is 116 Å². The average molecular weight is 821 g/mol. The summed E-state index contributed by atoms with van der Waals surface area (Å²) >= 11 is 7.82. The van der Waals surface area contributed by atoms with Gasteiger partial charge in [-0.15, -0.1) is 0 Å². The number of rotatable bonds is 14. The van der Waals surface area contributed by atoms with E-state index in [1.807, 2.05) is 24.3 Å². The topological polar surface area (TPSA) is 58.9 Å². The van der Waals surface area contributed by atoms with Crippen LogP contribution < -0.4 is 9.47 Å². The molecular formula is C46H44Br2O4. The summed E-state index contributed by atoms with van der Waals surface area (Å²) in [5, 5.41) is 29.1. The number of ether oxygens (including phenoxy) is 2. The van der Waals surface area contributed by atoms with Gasteiger partial charge in [0.15, 0.2) is 0 Å². The van der Waals surface area contributed by atoms with Crippen LogP contribution in [-0.2, 0) is 38.9 Å². The summed E-state index contributed by atoms with van der Waals surface area (Å²) in [6, 6.07) is 34.6. The van der Waals surface area contributed by atoms with Crippen molar-refractivity contribution in [2.24, 2.45) is 0 Å². The first-order valence-corrected chi connectivity index (χ1v) is 19.7. The molecule has 0 saturated heterocycles. The van der Waals surface area contributed by atoms with Gasteiger partial charge in [-0.05, 0) is 173 Å². The molecule has 7 aromatic carbocycles. The van der Waals surface area contributed by atoms with Crippen LogP contribution in [0.15, 0.2) is 106 Å². The first-order chi connectivity index (χ1) is 25.4. The van der Waals surface area contributed by atoms with Gasteiger partial charge in [-0.2, -0.15) is 0 Å². The summed E-state index contributed by atoms with van der Waals surface area (Å²) in [6.07, 6.45) is 7.83. The molecule has 0 amide bonds. The van der Waals surface area contributed by atoms with E-state index in [1.54, 1.807) is 14.2 Å². The quantitative estimate of drug-likeness (QED) is 0.0848. The lowest BCUT2D eigenvalue weighted by Crippen LogP contribution is -2.04. The third kappa shape index (κ3) is 7.45. The van der Waals surface area contributed by atoms with E-state index in [4.69, 9.17) is 9.47 Å². The number of methoxy groups -OCH3 is 2. The van der Waals surface area contributed by atoms with Crippen molar-refractivity contribution in [3.8, 4) is 11.5 Å². The molecule has 0 bridgehead atoms. The van der Waals surface area contributed by atoms with Crippen molar-refractivity contribution in [2.45, 2.75) is 64.6 Å². The summed E-state index contributed by atoms with van der Waals surface area (Å²) in [4.78, 5) is 0. The summed E-state index contributed by atoms with van der Waals surface area (Å²) in [7, 11) is 3.50. The largest absolute Gasteiger partial charge is 0.495 e. The normalized spacial score (nSPS) is 11.7. The second-order valence-corrected chi connectivity index (χ2v) is 15.3. The van der Waals surface area contributed by atoms with Crippen LogP contribution in [0, 0.1) is 0 Å². The lowest BCUT2D eigenvalue weighted by atomic mass is 9.96. The van der Waals surface area contributed by atoms with Crippen molar-refractivity contribution in [3.05, 3.63) is 139 Å². The zero-order valence-corrected chi connectivity index (χ0v) is 32.9. The minimum atomic E-state index is 0.0436. The standard InChI is InChI=1S/C46H44Br2O4/c1-51-45-39(15-5-3-9-29-17-19-31-23-33-11-7-13-35(27-49)41(33)25-37(31)21-29)44(48)46(52-2)40(43(45)47)16-6-4-10-30-18-20-32-24-34-12-8-14-36(28-50)42(34)26-38(32)22-30/h7-8,11-14,17-26,49-50H,3-6,9-10,15-16,27-28H2,1-2H3. The fourth-order valence-electron chi connectivity index (χ4n) is 7.74. The molecule has 0 heterocycles. The molecule has 6 heteroatoms. The van der Waals surface area contributed by atoms with Gasteiger partial charge in [-0.25, -0.2) is 0 Å². The van der Waals surface area contributed by atoms with Gasteiger partial charge in [0.25, 0.3) is 0 Å². The Labute approximate surface area is 322 Å². The van der Waals surface area contributed by atoms with Crippen molar-refractivity contribution >= 4 is 74.9 Å². The number of hydrogen-bond donors (Lipinski definition) is 2. The van der Waals surface area contributed by atoms with E-state index in [-0.39, 0.29) is 13.2 Å². The molecule has 0 unspecified atom stereocenters. The van der Waals surface area contributed by atoms with Crippen LogP contribution in [-0.4, -0.2) is 24.4 Å². The van der Waals surface area contributed by atoms with Crippen molar-refractivity contribution in [1.82, 2.24) is 0 Å². The summed E-state index contributed by atoms with van der Waals surface area (Å²) in [5.41, 5.74) is 6.83. The molecule has 266 valence electrons. The Balaban J connectivity index is 0.996. The predicted molar refractivity (Wildman–Crippen MR) is 223 cm³/mol. The zero-order chi connectivity index (χ0) is 36.2. The van der Waals surface area contributed by atoms with E-state index in [0.29, 0.717) is 0 Å². The number of hydrogen-bond acceptors (Lipinski definition) is 4. The highest BCUT2D eigenvalue weighted by atomic mass is 79.9. The average Bonchev–Trinajstić information content (AvgIpc) is 3.17. The predicted octanol–water partition coefficient (Wildman–Crippen LogP) is 12.0. The lowest BCUT2D eigenvalue weighted by Gasteiger charge is -2.20. The fraction of sp³-hybridized carbons (Fsp3) is 0.261. The zero-order valence-electron chi connectivity index (χ0n) is 29.8. The number of unbranched alkanes of at least 4 members (excludes halogenated alkanes) is 2. The van der Waals surface area contributed by atoms with Gasteiger partial charge in [0.2, 0.25) is 0 Å². The SMILES string of the molecule is COc1c(Br)c(CCCCc2ccc3cc4cccc(CO)c4cc3c2)c(OC)c(Br)c1CCCCc1ccc2cc3cccc(CO)c3cc2c1. The van der Waals surface area contributed by atoms with Gasteiger partial charge < -0.3 is 19.7 Å². The highest BCUT2D eigenvalue weighted by molar-refractivity contribution is 9.11. The van der Waals surface area contributed by atoms with Crippen LogP contribution in [0.1, 0.15) is 59.1 Å². The lowest BCUT2D eigenvalue weighted by molar-refractivity contribution is 0.283. The Morgan fingerprint density at radius 3 is 1.29 bits per heavy atom. The van der Waals surface area contributed by atoms with Crippen LogP contribution in [0.3, 0.4) is 0 Å². The Kier molecular flexibility index (Phi) is 11.5. The minimum absolute atomic E-state index is 0.0436. The molecule has 0 aliphatic carbocycles. The number of halogens is 2. The molecule has 2 N–H and O–H groups in total. The third-order valence-electron chi connectivity index (χ3n) is 10.5. The summed E-state index contributed by atoms with van der Waals surface area (Å²) in [5.74, 6) is 1.76. The molecule has 0 fully saturated rings. The molecule has 0 aliphatic heterocycles. The molecule has 52 heavy (non-hydrogen) atoms. The van der Waals surface area contributed by atoms with Crippen molar-refractivity contribution in [2.75, 3.05) is 14.2 Å². The maximum absolute atomic E-state index is 9.84. The summed E-state index contributed by atoms with van der Waals surface area (Å²) < 4.78 is 14.0. The van der Waals surface area contributed by atoms with Crippen LogP contribution in [0.2, 0.25) is 0 Å². The maximum Gasteiger partial charge on any atom is 0.137 e. The number of aliphatic hydroxyl groups is 2. The molecule has 0 aromatic heterocycles. The highest BCUT2D eigenvalue weighted by Crippen LogP contribution is 2.46. The molecule has 0 aliphatic rings. The second-order valence-electron chi connectivity index (χ2n) is 13.7. The van der Waals surface area contributed by atoms with E-state index in [9.17, 15) is 10.2 Å². The van der Waals surface area contributed by atoms with Crippen LogP contribution in [0.25, 0.3) is 43.1 Å². The fourth-order valence-corrected chi connectivity index (χ4v) is 9.30. The Hall–Kier alpha value is -3.94.